The Morgan fingerprint density at radius 1 is 1.50 bits per heavy atom. The van der Waals surface area contributed by atoms with Gasteiger partial charge in [0.05, 0.1) is 11.3 Å². The van der Waals surface area contributed by atoms with E-state index in [2.05, 4.69) is 9.97 Å². The summed E-state index contributed by atoms with van der Waals surface area (Å²) in [5.41, 5.74) is 0.800. The van der Waals surface area contributed by atoms with Crippen LogP contribution in [-0.2, 0) is 13.8 Å². The lowest BCUT2D eigenvalue weighted by Crippen LogP contribution is -2.28. The van der Waals surface area contributed by atoms with Gasteiger partial charge in [-0.25, -0.2) is 18.4 Å². The van der Waals surface area contributed by atoms with E-state index in [0.717, 1.165) is 0 Å². The number of hydrogen-bond donors (Lipinski definition) is 0. The van der Waals surface area contributed by atoms with Gasteiger partial charge in [-0.2, -0.15) is 0 Å². The monoisotopic (exact) mass is 317 g/mol. The average Bonchev–Trinajstić information content (AvgIpc) is 2.70. The highest BCUT2D eigenvalue weighted by Gasteiger charge is 2.39. The number of carbonyl (C=O) groups is 2. The predicted molar refractivity (Wildman–Crippen MR) is 72.3 cm³/mol. The quantitative estimate of drug-likeness (QED) is 0.600. The van der Waals surface area contributed by atoms with Crippen molar-refractivity contribution in [1.29, 1.82) is 0 Å². The highest BCUT2D eigenvalue weighted by atomic mass is 35.7. The van der Waals surface area contributed by atoms with Crippen LogP contribution < -0.4 is 4.90 Å². The number of aromatic nitrogens is 2. The van der Waals surface area contributed by atoms with E-state index in [0.29, 0.717) is 11.3 Å². The highest BCUT2D eigenvalue weighted by molar-refractivity contribution is 8.14. The highest BCUT2D eigenvalue weighted by Crippen LogP contribution is 2.24. The summed E-state index contributed by atoms with van der Waals surface area (Å²) in [5.74, 6) is -0.502. The molecule has 2 heterocycles. The van der Waals surface area contributed by atoms with Crippen LogP contribution in [0.25, 0.3) is 0 Å². The van der Waals surface area contributed by atoms with Crippen molar-refractivity contribution in [2.75, 3.05) is 11.4 Å². The molecular formula is C11H12ClN3O4S. The van der Waals surface area contributed by atoms with Gasteiger partial charge in [-0.05, 0) is 13.8 Å². The first-order valence-corrected chi connectivity index (χ1v) is 8.16. The van der Waals surface area contributed by atoms with Crippen molar-refractivity contribution in [3.05, 3.63) is 17.5 Å². The van der Waals surface area contributed by atoms with E-state index in [1.807, 2.05) is 0 Å². The minimum absolute atomic E-state index is 0.0798. The minimum Gasteiger partial charge on any atom is -0.294 e. The molecule has 1 aromatic heterocycles. The Balaban J connectivity index is 2.31. The first kappa shape index (κ1) is 14.9. The molecular weight excluding hydrogens is 306 g/mol. The fourth-order valence-electron chi connectivity index (χ4n) is 1.99. The maximum atomic E-state index is 11.8. The van der Waals surface area contributed by atoms with E-state index < -0.39 is 20.2 Å². The van der Waals surface area contributed by atoms with Crippen molar-refractivity contribution in [3.63, 3.8) is 0 Å². The number of anilines is 1. The van der Waals surface area contributed by atoms with Crippen LogP contribution in [0.15, 0.2) is 6.20 Å². The van der Waals surface area contributed by atoms with Crippen LogP contribution >= 0.6 is 10.7 Å². The maximum Gasteiger partial charge on any atom is 0.237 e. The van der Waals surface area contributed by atoms with Gasteiger partial charge in [0, 0.05) is 29.8 Å². The van der Waals surface area contributed by atoms with Gasteiger partial charge in [0.15, 0.2) is 5.78 Å². The van der Waals surface area contributed by atoms with Gasteiger partial charge in [-0.3, -0.25) is 14.5 Å². The summed E-state index contributed by atoms with van der Waals surface area (Å²) in [4.78, 5) is 32.3. The van der Waals surface area contributed by atoms with E-state index in [-0.39, 0.29) is 24.7 Å². The van der Waals surface area contributed by atoms with Gasteiger partial charge in [0.25, 0.3) is 0 Å². The Labute approximate surface area is 120 Å². The summed E-state index contributed by atoms with van der Waals surface area (Å²) in [7, 11) is 1.46. The largest absolute Gasteiger partial charge is 0.294 e. The van der Waals surface area contributed by atoms with Crippen molar-refractivity contribution in [2.45, 2.75) is 25.5 Å². The normalized spacial score (nSPS) is 19.4. The number of halogens is 1. The van der Waals surface area contributed by atoms with Gasteiger partial charge < -0.3 is 0 Å². The molecule has 1 amide bonds. The van der Waals surface area contributed by atoms with Crippen LogP contribution in [0.1, 0.15) is 29.4 Å². The van der Waals surface area contributed by atoms with Crippen LogP contribution in [0.2, 0.25) is 0 Å². The van der Waals surface area contributed by atoms with E-state index in [9.17, 15) is 18.0 Å². The summed E-state index contributed by atoms with van der Waals surface area (Å²) in [6.45, 7) is 2.93. The van der Waals surface area contributed by atoms with Crippen LogP contribution in [0.4, 0.5) is 5.95 Å². The summed E-state index contributed by atoms with van der Waals surface area (Å²) >= 11 is 0. The third kappa shape index (κ3) is 2.80. The molecule has 20 heavy (non-hydrogen) atoms. The molecule has 1 aromatic rings. The lowest BCUT2D eigenvalue weighted by atomic mass is 10.2. The van der Waals surface area contributed by atoms with Crippen LogP contribution in [0.3, 0.4) is 0 Å². The molecule has 0 N–H and O–H groups in total. The molecule has 0 aliphatic carbocycles. The summed E-state index contributed by atoms with van der Waals surface area (Å²) < 4.78 is 22.5. The number of nitrogens with zero attached hydrogens (tertiary/aromatic N) is 3. The smallest absolute Gasteiger partial charge is 0.237 e. The standard InChI is InChI=1S/C11H12ClN3O4S/c1-6-9(7(2)16)4-13-11(14-6)15-5-8(3-10(15)17)20(12,18)19/h4,8H,3,5H2,1-2H3. The number of Topliss-reactive ketones (excluding diaryl/α,β-unsaturated/α-hetero) is 1. The zero-order valence-electron chi connectivity index (χ0n) is 10.8. The Kier molecular flexibility index (Phi) is 3.79. The lowest BCUT2D eigenvalue weighted by molar-refractivity contribution is -0.117. The molecule has 7 nitrogen and oxygen atoms in total. The molecule has 1 unspecified atom stereocenters. The Hall–Kier alpha value is -1.54. The van der Waals surface area contributed by atoms with Crippen LogP contribution in [0, 0.1) is 6.92 Å². The molecule has 1 aliphatic heterocycles. The number of amides is 1. The molecule has 1 saturated heterocycles. The van der Waals surface area contributed by atoms with Crippen LogP contribution in [-0.4, -0.2) is 41.9 Å². The Morgan fingerprint density at radius 3 is 2.60 bits per heavy atom. The first-order valence-electron chi connectivity index (χ1n) is 5.78. The molecule has 2 rings (SSSR count). The fourth-order valence-corrected chi connectivity index (χ4v) is 3.01. The molecule has 108 valence electrons. The van der Waals surface area contributed by atoms with Crippen molar-refractivity contribution >= 4 is 37.4 Å². The number of ketones is 1. The fraction of sp³-hybridized carbons (Fsp3) is 0.455. The maximum absolute atomic E-state index is 11.8. The van der Waals surface area contributed by atoms with Crippen molar-refractivity contribution in [3.8, 4) is 0 Å². The second-order valence-electron chi connectivity index (χ2n) is 4.53. The predicted octanol–water partition coefficient (Wildman–Crippen LogP) is 0.662. The molecule has 1 fully saturated rings. The average molecular weight is 318 g/mol. The number of rotatable bonds is 3. The summed E-state index contributed by atoms with van der Waals surface area (Å²) in [6.07, 6.45) is 1.14. The summed E-state index contributed by atoms with van der Waals surface area (Å²) in [5, 5.41) is -0.965. The van der Waals surface area contributed by atoms with Crippen molar-refractivity contribution < 1.29 is 18.0 Å². The molecule has 1 atom stereocenters. The Bertz CT molecular complexity index is 689. The zero-order valence-corrected chi connectivity index (χ0v) is 12.4. The zero-order chi connectivity index (χ0) is 15.1. The lowest BCUT2D eigenvalue weighted by Gasteiger charge is -2.14. The van der Waals surface area contributed by atoms with Crippen molar-refractivity contribution in [1.82, 2.24) is 9.97 Å². The first-order chi connectivity index (χ1) is 9.20. The number of aryl methyl sites for hydroxylation is 1. The van der Waals surface area contributed by atoms with Gasteiger partial charge in [0.2, 0.25) is 20.9 Å². The minimum atomic E-state index is -3.81. The topological polar surface area (TPSA) is 97.3 Å². The molecule has 0 saturated carbocycles. The van der Waals surface area contributed by atoms with Crippen molar-refractivity contribution in [2.24, 2.45) is 0 Å². The van der Waals surface area contributed by atoms with E-state index in [1.54, 1.807) is 6.92 Å². The van der Waals surface area contributed by atoms with Gasteiger partial charge in [-0.15, -0.1) is 0 Å². The van der Waals surface area contributed by atoms with Crippen LogP contribution in [0.5, 0.6) is 0 Å². The number of carbonyl (C=O) groups excluding carboxylic acids is 2. The van der Waals surface area contributed by atoms with Gasteiger partial charge >= 0.3 is 0 Å². The SMILES string of the molecule is CC(=O)c1cnc(N2CC(S(=O)(=O)Cl)CC2=O)nc1C. The molecule has 0 radical (unpaired) electrons. The second-order valence-corrected chi connectivity index (χ2v) is 7.44. The second kappa shape index (κ2) is 5.10. The van der Waals surface area contributed by atoms with E-state index >= 15 is 0 Å². The van der Waals surface area contributed by atoms with E-state index in [4.69, 9.17) is 10.7 Å². The molecule has 0 spiro atoms. The third-order valence-corrected chi connectivity index (χ3v) is 4.94. The molecule has 0 bridgehead atoms. The Morgan fingerprint density at radius 2 is 2.15 bits per heavy atom. The van der Waals surface area contributed by atoms with Gasteiger partial charge in [0.1, 0.15) is 5.25 Å². The van der Waals surface area contributed by atoms with E-state index in [1.165, 1.54) is 18.0 Å². The molecule has 1 aliphatic rings. The van der Waals surface area contributed by atoms with Gasteiger partial charge in [-0.1, -0.05) is 0 Å². The number of hydrogen-bond acceptors (Lipinski definition) is 6. The third-order valence-electron chi connectivity index (χ3n) is 3.08. The molecule has 0 aromatic carbocycles. The summed E-state index contributed by atoms with van der Waals surface area (Å²) in [6, 6.07) is 0. The molecule has 9 heteroatoms.